The number of para-hydroxylation sites is 1. The van der Waals surface area contributed by atoms with Gasteiger partial charge in [0.1, 0.15) is 5.56 Å². The van der Waals surface area contributed by atoms with E-state index in [1.54, 1.807) is 7.11 Å². The minimum atomic E-state index is -0.433. The number of ether oxygens (including phenoxy) is 3. The van der Waals surface area contributed by atoms with Crippen LogP contribution in [0.3, 0.4) is 0 Å². The van der Waals surface area contributed by atoms with Crippen LogP contribution in [0.1, 0.15) is 33.2 Å². The Morgan fingerprint density at radius 3 is 2.67 bits per heavy atom. The number of hydrogen-bond acceptors (Lipinski definition) is 4. The highest BCUT2D eigenvalue weighted by Crippen LogP contribution is 2.39. The topological polar surface area (TPSA) is 77.2 Å². The molecule has 0 amide bonds. The number of carbonyl (C=O) groups is 1. The fourth-order valence-electron chi connectivity index (χ4n) is 4.06. The first kappa shape index (κ1) is 17.4. The van der Waals surface area contributed by atoms with Crippen LogP contribution in [0.5, 0.6) is 11.5 Å². The van der Waals surface area contributed by atoms with Gasteiger partial charge in [-0.3, -0.25) is 0 Å². The van der Waals surface area contributed by atoms with E-state index in [0.29, 0.717) is 17.1 Å². The van der Waals surface area contributed by atoms with Crippen molar-refractivity contribution in [2.75, 3.05) is 27.9 Å². The van der Waals surface area contributed by atoms with Crippen molar-refractivity contribution in [3.05, 3.63) is 58.8 Å². The molecule has 2 heterocycles. The number of benzene rings is 2. The minimum absolute atomic E-state index is 0.0462. The molecule has 2 aromatic carbocycles. The van der Waals surface area contributed by atoms with Gasteiger partial charge in [-0.2, -0.15) is 0 Å². The molecule has 1 aromatic heterocycles. The van der Waals surface area contributed by atoms with Gasteiger partial charge in [0, 0.05) is 22.9 Å². The van der Waals surface area contributed by atoms with E-state index in [1.165, 1.54) is 25.2 Å². The van der Waals surface area contributed by atoms with Gasteiger partial charge < -0.3 is 24.5 Å². The fourth-order valence-corrected chi connectivity index (χ4v) is 4.06. The number of H-pyrrole nitrogens is 1. The number of methoxy groups -OCH3 is 3. The number of fused-ring (bicyclic) bond motifs is 3. The Bertz CT molecular complexity index is 1010. The van der Waals surface area contributed by atoms with Crippen LogP contribution in [-0.2, 0) is 11.2 Å². The van der Waals surface area contributed by atoms with Crippen molar-refractivity contribution in [1.82, 2.24) is 4.98 Å². The van der Waals surface area contributed by atoms with E-state index >= 15 is 0 Å². The molecule has 0 unspecified atom stereocenters. The second-order valence-corrected chi connectivity index (χ2v) is 6.57. The lowest BCUT2D eigenvalue weighted by Gasteiger charge is -2.24. The molecule has 0 saturated carbocycles. The second-order valence-electron chi connectivity index (χ2n) is 6.57. The Labute approximate surface area is 157 Å². The van der Waals surface area contributed by atoms with Crippen LogP contribution in [0.2, 0.25) is 0 Å². The lowest BCUT2D eigenvalue weighted by Crippen LogP contribution is -2.87. The Morgan fingerprint density at radius 1 is 1.11 bits per heavy atom. The van der Waals surface area contributed by atoms with Crippen LogP contribution in [0.25, 0.3) is 10.9 Å². The normalized spacial score (nSPS) is 16.0. The van der Waals surface area contributed by atoms with E-state index in [9.17, 15) is 4.79 Å². The number of aromatic nitrogens is 1. The summed E-state index contributed by atoms with van der Waals surface area (Å²) in [6.45, 7) is 0.939. The van der Waals surface area contributed by atoms with E-state index in [4.69, 9.17) is 14.2 Å². The molecule has 0 saturated heterocycles. The standard InChI is InChI=1S/C21H22N2O4/c1-25-16-9-8-14(17(20(16)26-2)21(24)27-3)18-19-13(10-11-22-18)12-6-4-5-7-15(12)23-19/h4-9,18,22-23H,10-11H2,1-3H3/p+1/t18-/m0/s1. The largest absolute Gasteiger partial charge is 0.493 e. The molecule has 0 radical (unpaired) electrons. The van der Waals surface area contributed by atoms with Crippen LogP contribution in [0, 0.1) is 0 Å². The Balaban J connectivity index is 1.94. The lowest BCUT2D eigenvalue weighted by atomic mass is 9.91. The van der Waals surface area contributed by atoms with Crippen LogP contribution < -0.4 is 14.8 Å². The predicted octanol–water partition coefficient (Wildman–Crippen LogP) is 2.18. The third-order valence-corrected chi connectivity index (χ3v) is 5.26. The number of aromatic amines is 1. The molecule has 1 atom stereocenters. The molecule has 6 heteroatoms. The Kier molecular flexibility index (Phi) is 4.49. The first-order chi connectivity index (χ1) is 13.2. The van der Waals surface area contributed by atoms with Crippen molar-refractivity contribution < 1.29 is 24.3 Å². The van der Waals surface area contributed by atoms with Crippen molar-refractivity contribution in [1.29, 1.82) is 0 Å². The number of nitrogens with one attached hydrogen (secondary N) is 1. The van der Waals surface area contributed by atoms with Gasteiger partial charge in [-0.15, -0.1) is 0 Å². The molecule has 0 aliphatic carbocycles. The lowest BCUT2D eigenvalue weighted by molar-refractivity contribution is -0.690. The van der Waals surface area contributed by atoms with Gasteiger partial charge in [-0.05, 0) is 23.8 Å². The summed E-state index contributed by atoms with van der Waals surface area (Å²) >= 11 is 0. The summed E-state index contributed by atoms with van der Waals surface area (Å²) in [4.78, 5) is 16.2. The monoisotopic (exact) mass is 367 g/mol. The minimum Gasteiger partial charge on any atom is -0.493 e. The van der Waals surface area contributed by atoms with Crippen molar-refractivity contribution in [3.63, 3.8) is 0 Å². The number of rotatable bonds is 4. The van der Waals surface area contributed by atoms with Crippen LogP contribution in [0.15, 0.2) is 36.4 Å². The average Bonchev–Trinajstić information content (AvgIpc) is 3.10. The van der Waals surface area contributed by atoms with Gasteiger partial charge in [0.2, 0.25) is 0 Å². The maximum absolute atomic E-state index is 12.6. The van der Waals surface area contributed by atoms with Gasteiger partial charge in [0.15, 0.2) is 17.5 Å². The third-order valence-electron chi connectivity index (χ3n) is 5.26. The summed E-state index contributed by atoms with van der Waals surface area (Å²) in [6.07, 6.45) is 0.983. The zero-order valence-corrected chi connectivity index (χ0v) is 15.7. The van der Waals surface area contributed by atoms with E-state index in [-0.39, 0.29) is 6.04 Å². The molecule has 0 bridgehead atoms. The van der Waals surface area contributed by atoms with Crippen molar-refractivity contribution in [2.45, 2.75) is 12.5 Å². The van der Waals surface area contributed by atoms with Crippen LogP contribution >= 0.6 is 0 Å². The Morgan fingerprint density at radius 2 is 1.93 bits per heavy atom. The molecule has 27 heavy (non-hydrogen) atoms. The summed E-state index contributed by atoms with van der Waals surface area (Å²) in [5.74, 6) is 0.477. The zero-order chi connectivity index (χ0) is 19.0. The molecule has 3 aromatic rings. The molecule has 4 rings (SSSR count). The van der Waals surface area contributed by atoms with Crippen LogP contribution in [0.4, 0.5) is 0 Å². The number of nitrogens with two attached hydrogens (primary N) is 1. The van der Waals surface area contributed by atoms with E-state index < -0.39 is 5.97 Å². The zero-order valence-electron chi connectivity index (χ0n) is 15.7. The van der Waals surface area contributed by atoms with E-state index in [1.807, 2.05) is 18.2 Å². The summed E-state index contributed by atoms with van der Waals surface area (Å²) in [6, 6.07) is 12.0. The summed E-state index contributed by atoms with van der Waals surface area (Å²) < 4.78 is 16.0. The molecule has 0 fully saturated rings. The number of hydrogen-bond donors (Lipinski definition) is 2. The molecule has 0 spiro atoms. The highest BCUT2D eigenvalue weighted by Gasteiger charge is 2.34. The SMILES string of the molecule is COC(=O)c1c([C@@H]2[NH2+]CCc3c2[nH]c2ccccc32)ccc(OC)c1OC. The molecule has 140 valence electrons. The van der Waals surface area contributed by atoms with Gasteiger partial charge in [-0.1, -0.05) is 18.2 Å². The summed E-state index contributed by atoms with van der Waals surface area (Å²) in [7, 11) is 4.47. The summed E-state index contributed by atoms with van der Waals surface area (Å²) in [5.41, 5.74) is 4.81. The highest BCUT2D eigenvalue weighted by molar-refractivity contribution is 5.96. The van der Waals surface area contributed by atoms with E-state index in [0.717, 1.165) is 29.7 Å². The maximum Gasteiger partial charge on any atom is 0.342 e. The van der Waals surface area contributed by atoms with Crippen molar-refractivity contribution in [2.24, 2.45) is 0 Å². The first-order valence-corrected chi connectivity index (χ1v) is 8.95. The first-order valence-electron chi connectivity index (χ1n) is 8.95. The van der Waals surface area contributed by atoms with Gasteiger partial charge in [0.25, 0.3) is 0 Å². The van der Waals surface area contributed by atoms with Gasteiger partial charge in [0.05, 0.1) is 33.6 Å². The highest BCUT2D eigenvalue weighted by atomic mass is 16.5. The van der Waals surface area contributed by atoms with Crippen LogP contribution in [-0.4, -0.2) is 38.8 Å². The number of carbonyl (C=O) groups excluding carboxylic acids is 1. The summed E-state index contributed by atoms with van der Waals surface area (Å²) in [5, 5.41) is 3.48. The van der Waals surface area contributed by atoms with Crippen molar-refractivity contribution >= 4 is 16.9 Å². The third kappa shape index (κ3) is 2.73. The number of esters is 1. The van der Waals surface area contributed by atoms with Gasteiger partial charge in [-0.25, -0.2) is 4.79 Å². The second kappa shape index (κ2) is 6.96. The predicted molar refractivity (Wildman–Crippen MR) is 102 cm³/mol. The maximum atomic E-state index is 12.6. The quantitative estimate of drug-likeness (QED) is 0.693. The smallest absolute Gasteiger partial charge is 0.342 e. The van der Waals surface area contributed by atoms with Crippen molar-refractivity contribution in [3.8, 4) is 11.5 Å². The van der Waals surface area contributed by atoms with E-state index in [2.05, 4.69) is 28.5 Å². The van der Waals surface area contributed by atoms with Gasteiger partial charge >= 0.3 is 5.97 Å². The molecule has 6 nitrogen and oxygen atoms in total. The molecule has 1 aliphatic rings. The molecular weight excluding hydrogens is 344 g/mol. The molecule has 3 N–H and O–H groups in total. The Hall–Kier alpha value is -2.99. The fraction of sp³-hybridized carbons (Fsp3) is 0.286. The average molecular weight is 367 g/mol. The molecule has 1 aliphatic heterocycles. The molecular formula is C21H23N2O4+. The number of quaternary nitrogens is 1.